The van der Waals surface area contributed by atoms with E-state index in [0.29, 0.717) is 12.0 Å². The molecule has 7 nitrogen and oxygen atoms in total. The highest BCUT2D eigenvalue weighted by Gasteiger charge is 2.34. The van der Waals surface area contributed by atoms with E-state index in [9.17, 15) is 9.59 Å². The first kappa shape index (κ1) is 21.4. The molecule has 0 spiro atoms. The Morgan fingerprint density at radius 2 is 2.03 bits per heavy atom. The summed E-state index contributed by atoms with van der Waals surface area (Å²) in [5, 5.41) is 7.40. The van der Waals surface area contributed by atoms with Crippen molar-refractivity contribution in [3.8, 4) is 5.69 Å². The summed E-state index contributed by atoms with van der Waals surface area (Å²) in [6.45, 7) is 5.51. The number of rotatable bonds is 4. The van der Waals surface area contributed by atoms with Gasteiger partial charge in [0, 0.05) is 16.4 Å². The zero-order chi connectivity index (χ0) is 21.2. The van der Waals surface area contributed by atoms with Gasteiger partial charge in [0.1, 0.15) is 11.2 Å². The third-order valence-electron chi connectivity index (χ3n) is 4.80. The van der Waals surface area contributed by atoms with Gasteiger partial charge in [0.05, 0.1) is 24.7 Å². The summed E-state index contributed by atoms with van der Waals surface area (Å²) in [6, 6.07) is 7.72. The molecule has 1 amide bonds. The van der Waals surface area contributed by atoms with Crippen molar-refractivity contribution >= 4 is 28.0 Å². The molecular formula is C21H26BrN3O4. The topological polar surface area (TPSA) is 82.5 Å². The number of nitrogens with zero attached hydrogens (tertiary/aromatic N) is 2. The van der Waals surface area contributed by atoms with Crippen LogP contribution in [0.5, 0.6) is 0 Å². The standard InChI is InChI=1S/C21H26BrN3O4/c1-21(2,3)29-20(27)24-15-9-8-13(10-15)18-17(19(26)28-4)12-23-25(18)16-7-5-6-14(22)11-16/h5-7,11-13,15H,8-10H2,1-4H3,(H,24,27). The van der Waals surface area contributed by atoms with Crippen LogP contribution in [0.3, 0.4) is 0 Å². The second kappa shape index (κ2) is 8.57. The summed E-state index contributed by atoms with van der Waals surface area (Å²) >= 11 is 3.48. The van der Waals surface area contributed by atoms with E-state index in [-0.39, 0.29) is 12.0 Å². The van der Waals surface area contributed by atoms with E-state index in [2.05, 4.69) is 26.3 Å². The Kier molecular flexibility index (Phi) is 6.31. The molecule has 0 bridgehead atoms. The Balaban J connectivity index is 1.85. The molecule has 29 heavy (non-hydrogen) atoms. The molecule has 1 aromatic heterocycles. The Hall–Kier alpha value is -2.35. The molecule has 2 atom stereocenters. The van der Waals surface area contributed by atoms with Gasteiger partial charge in [0.25, 0.3) is 0 Å². The molecule has 8 heteroatoms. The molecular weight excluding hydrogens is 438 g/mol. The molecule has 1 fully saturated rings. The highest BCUT2D eigenvalue weighted by atomic mass is 79.9. The summed E-state index contributed by atoms with van der Waals surface area (Å²) in [5.74, 6) is -0.352. The maximum atomic E-state index is 12.3. The van der Waals surface area contributed by atoms with Gasteiger partial charge in [-0.25, -0.2) is 14.3 Å². The normalized spacial score (nSPS) is 19.1. The minimum atomic E-state index is -0.542. The lowest BCUT2D eigenvalue weighted by molar-refractivity contribution is 0.0503. The van der Waals surface area contributed by atoms with Crippen LogP contribution in [-0.2, 0) is 9.47 Å². The average Bonchev–Trinajstić information content (AvgIpc) is 3.25. The van der Waals surface area contributed by atoms with Gasteiger partial charge in [0.2, 0.25) is 0 Å². The highest BCUT2D eigenvalue weighted by molar-refractivity contribution is 9.10. The Morgan fingerprint density at radius 3 is 2.69 bits per heavy atom. The van der Waals surface area contributed by atoms with Crippen LogP contribution in [0.15, 0.2) is 34.9 Å². The first-order valence-electron chi connectivity index (χ1n) is 9.59. The molecule has 156 valence electrons. The number of carbonyl (C=O) groups excluding carboxylic acids is 2. The van der Waals surface area contributed by atoms with Gasteiger partial charge in [-0.15, -0.1) is 0 Å². The van der Waals surface area contributed by atoms with Crippen LogP contribution >= 0.6 is 15.9 Å². The van der Waals surface area contributed by atoms with E-state index in [1.807, 2.05) is 45.0 Å². The maximum Gasteiger partial charge on any atom is 0.407 e. The van der Waals surface area contributed by atoms with Gasteiger partial charge in [-0.05, 0) is 58.2 Å². The van der Waals surface area contributed by atoms with Crippen molar-refractivity contribution in [1.29, 1.82) is 0 Å². The number of hydrogen-bond donors (Lipinski definition) is 1. The van der Waals surface area contributed by atoms with Crippen LogP contribution in [-0.4, -0.2) is 40.6 Å². The molecule has 1 saturated carbocycles. The van der Waals surface area contributed by atoms with Gasteiger partial charge in [-0.3, -0.25) is 0 Å². The number of aromatic nitrogens is 2. The fourth-order valence-corrected chi connectivity index (χ4v) is 4.05. The van der Waals surface area contributed by atoms with Crippen LogP contribution in [0.1, 0.15) is 62.0 Å². The molecule has 1 aliphatic carbocycles. The largest absolute Gasteiger partial charge is 0.465 e. The number of methoxy groups -OCH3 is 1. The van der Waals surface area contributed by atoms with E-state index in [0.717, 1.165) is 28.7 Å². The Labute approximate surface area is 178 Å². The van der Waals surface area contributed by atoms with Crippen molar-refractivity contribution in [3.05, 3.63) is 46.2 Å². The lowest BCUT2D eigenvalue weighted by atomic mass is 9.99. The quantitative estimate of drug-likeness (QED) is 0.670. The lowest BCUT2D eigenvalue weighted by Crippen LogP contribution is -2.37. The van der Waals surface area contributed by atoms with Crippen molar-refractivity contribution in [2.75, 3.05) is 7.11 Å². The molecule has 0 radical (unpaired) electrons. The highest BCUT2D eigenvalue weighted by Crippen LogP contribution is 2.37. The van der Waals surface area contributed by atoms with Gasteiger partial charge < -0.3 is 14.8 Å². The van der Waals surface area contributed by atoms with Gasteiger partial charge in [0.15, 0.2) is 0 Å². The summed E-state index contributed by atoms with van der Waals surface area (Å²) in [6.07, 6.45) is 3.45. The van der Waals surface area contributed by atoms with Gasteiger partial charge in [-0.2, -0.15) is 5.10 Å². The lowest BCUT2D eigenvalue weighted by Gasteiger charge is -2.22. The van der Waals surface area contributed by atoms with Crippen molar-refractivity contribution in [2.24, 2.45) is 0 Å². The number of alkyl carbamates (subject to hydrolysis) is 1. The molecule has 1 N–H and O–H groups in total. The van der Waals surface area contributed by atoms with Gasteiger partial charge >= 0.3 is 12.1 Å². The number of benzene rings is 1. The van der Waals surface area contributed by atoms with Crippen molar-refractivity contribution in [3.63, 3.8) is 0 Å². The Bertz CT molecular complexity index is 904. The molecule has 2 aromatic rings. The van der Waals surface area contributed by atoms with Crippen LogP contribution in [0.2, 0.25) is 0 Å². The third kappa shape index (κ3) is 5.18. The van der Waals surface area contributed by atoms with Crippen LogP contribution in [0.25, 0.3) is 5.69 Å². The van der Waals surface area contributed by atoms with Crippen LogP contribution in [0.4, 0.5) is 4.79 Å². The Morgan fingerprint density at radius 1 is 1.28 bits per heavy atom. The number of hydrogen-bond acceptors (Lipinski definition) is 5. The van der Waals surface area contributed by atoms with E-state index in [1.165, 1.54) is 7.11 Å². The second-order valence-electron chi connectivity index (χ2n) is 8.18. The van der Waals surface area contributed by atoms with Crippen LogP contribution in [0, 0.1) is 0 Å². The number of halogens is 1. The molecule has 1 aliphatic rings. The SMILES string of the molecule is COC(=O)c1cnn(-c2cccc(Br)c2)c1C1CCC(NC(=O)OC(C)(C)C)C1. The number of esters is 1. The van der Waals surface area contributed by atoms with Crippen LogP contribution < -0.4 is 5.32 Å². The maximum absolute atomic E-state index is 12.3. The molecule has 0 saturated heterocycles. The monoisotopic (exact) mass is 463 g/mol. The average molecular weight is 464 g/mol. The molecule has 3 rings (SSSR count). The number of ether oxygens (including phenoxy) is 2. The van der Waals surface area contributed by atoms with Gasteiger partial charge in [-0.1, -0.05) is 22.0 Å². The number of nitrogens with one attached hydrogen (secondary N) is 1. The van der Waals surface area contributed by atoms with E-state index < -0.39 is 17.7 Å². The predicted octanol–water partition coefficient (Wildman–Crippen LogP) is 4.58. The minimum Gasteiger partial charge on any atom is -0.465 e. The predicted molar refractivity (Wildman–Crippen MR) is 112 cm³/mol. The number of carbonyl (C=O) groups is 2. The first-order chi connectivity index (χ1) is 13.7. The molecule has 0 aliphatic heterocycles. The van der Waals surface area contributed by atoms with E-state index in [4.69, 9.17) is 9.47 Å². The summed E-state index contributed by atoms with van der Waals surface area (Å²) < 4.78 is 13.0. The third-order valence-corrected chi connectivity index (χ3v) is 5.30. The summed E-state index contributed by atoms with van der Waals surface area (Å²) in [5.41, 5.74) is 1.58. The fraction of sp³-hybridized carbons (Fsp3) is 0.476. The smallest absolute Gasteiger partial charge is 0.407 e. The van der Waals surface area contributed by atoms with Crippen molar-refractivity contribution < 1.29 is 19.1 Å². The van der Waals surface area contributed by atoms with E-state index >= 15 is 0 Å². The molecule has 1 heterocycles. The van der Waals surface area contributed by atoms with E-state index in [1.54, 1.807) is 10.9 Å². The summed E-state index contributed by atoms with van der Waals surface area (Å²) in [7, 11) is 1.37. The first-order valence-corrected chi connectivity index (χ1v) is 10.4. The molecule has 2 unspecified atom stereocenters. The zero-order valence-corrected chi connectivity index (χ0v) is 18.7. The summed E-state index contributed by atoms with van der Waals surface area (Å²) in [4.78, 5) is 24.5. The zero-order valence-electron chi connectivity index (χ0n) is 17.1. The fourth-order valence-electron chi connectivity index (χ4n) is 3.67. The second-order valence-corrected chi connectivity index (χ2v) is 9.10. The molecule has 1 aromatic carbocycles. The minimum absolute atomic E-state index is 0.0220. The van der Waals surface area contributed by atoms with Crippen molar-refractivity contribution in [2.45, 2.75) is 57.6 Å². The van der Waals surface area contributed by atoms with Crippen molar-refractivity contribution in [1.82, 2.24) is 15.1 Å². The number of amides is 1.